The van der Waals surface area contributed by atoms with Crippen LogP contribution >= 0.6 is 11.8 Å². The lowest BCUT2D eigenvalue weighted by Crippen LogP contribution is -2.31. The summed E-state index contributed by atoms with van der Waals surface area (Å²) in [6, 6.07) is 3.02. The predicted molar refractivity (Wildman–Crippen MR) is 87.3 cm³/mol. The molecule has 126 valence electrons. The highest BCUT2D eigenvalue weighted by molar-refractivity contribution is 7.99. The van der Waals surface area contributed by atoms with Crippen molar-refractivity contribution < 1.29 is 13.6 Å². The van der Waals surface area contributed by atoms with Gasteiger partial charge in [-0.3, -0.25) is 9.59 Å². The van der Waals surface area contributed by atoms with Crippen molar-refractivity contribution in [2.75, 3.05) is 11.1 Å². The van der Waals surface area contributed by atoms with Crippen molar-refractivity contribution in [1.29, 1.82) is 0 Å². The van der Waals surface area contributed by atoms with Crippen molar-refractivity contribution in [3.63, 3.8) is 0 Å². The van der Waals surface area contributed by atoms with Gasteiger partial charge in [-0.25, -0.2) is 13.8 Å². The first-order valence-electron chi connectivity index (χ1n) is 7.50. The quantitative estimate of drug-likeness (QED) is 0.656. The number of thioether (sulfide) groups is 1. The zero-order valence-electron chi connectivity index (χ0n) is 12.9. The minimum atomic E-state index is -0.753. The summed E-state index contributed by atoms with van der Waals surface area (Å²) in [6.45, 7) is 2.00. The molecule has 8 heteroatoms. The highest BCUT2D eigenvalue weighted by Gasteiger charge is 2.31. The van der Waals surface area contributed by atoms with Gasteiger partial charge in [0.05, 0.1) is 5.56 Å². The number of amides is 1. The summed E-state index contributed by atoms with van der Waals surface area (Å²) in [5.74, 6) is -1.66. The number of nitrogens with zero attached hydrogens (tertiary/aromatic N) is 1. The number of anilines is 1. The number of carbonyl (C=O) groups excluding carboxylic acids is 1. The number of hydrogen-bond acceptors (Lipinski definition) is 4. The maximum absolute atomic E-state index is 13.5. The number of aromatic amines is 1. The summed E-state index contributed by atoms with van der Waals surface area (Å²) < 4.78 is 27.0. The highest BCUT2D eigenvalue weighted by atomic mass is 32.2. The first kappa shape index (κ1) is 16.6. The van der Waals surface area contributed by atoms with Crippen LogP contribution in [0, 0.1) is 11.6 Å². The average molecular weight is 351 g/mol. The molecule has 0 saturated carbocycles. The molecule has 1 aromatic heterocycles. The molecule has 5 nitrogen and oxygen atoms in total. The third-order valence-electron chi connectivity index (χ3n) is 3.66. The number of nitrogens with one attached hydrogen (secondary N) is 2. The second kappa shape index (κ2) is 6.72. The van der Waals surface area contributed by atoms with Crippen LogP contribution in [0.5, 0.6) is 0 Å². The minimum Gasteiger partial charge on any atom is -0.310 e. The average Bonchev–Trinajstić information content (AvgIpc) is 2.50. The molecule has 0 radical (unpaired) electrons. The fraction of sp³-hybridized carbons (Fsp3) is 0.312. The standard InChI is InChI=1S/C16H15F2N3O2S/c1-2-3-24-16-20-14-13(15(23)21-16)11(7-12(22)19-14)8-4-9(17)6-10(18)5-8/h4-6,11H,2-3,7H2,1H3,(H2,19,20,21,22,23)/t11-/m1/s1. The molecule has 1 aliphatic heterocycles. The molecule has 24 heavy (non-hydrogen) atoms. The summed E-state index contributed by atoms with van der Waals surface area (Å²) in [7, 11) is 0. The fourth-order valence-corrected chi connectivity index (χ4v) is 3.40. The summed E-state index contributed by atoms with van der Waals surface area (Å²) in [4.78, 5) is 31.4. The van der Waals surface area contributed by atoms with Crippen molar-refractivity contribution in [2.45, 2.75) is 30.8 Å². The zero-order valence-corrected chi connectivity index (χ0v) is 13.7. The number of fused-ring (bicyclic) bond motifs is 1. The van der Waals surface area contributed by atoms with Gasteiger partial charge in [0.1, 0.15) is 17.5 Å². The summed E-state index contributed by atoms with van der Waals surface area (Å²) in [5.41, 5.74) is 0.0542. The van der Waals surface area contributed by atoms with Crippen LogP contribution in [-0.4, -0.2) is 21.6 Å². The van der Waals surface area contributed by atoms with Gasteiger partial charge >= 0.3 is 0 Å². The van der Waals surface area contributed by atoms with Gasteiger partial charge in [-0.15, -0.1) is 0 Å². The van der Waals surface area contributed by atoms with E-state index in [1.54, 1.807) is 0 Å². The van der Waals surface area contributed by atoms with Gasteiger partial charge < -0.3 is 10.3 Å². The van der Waals surface area contributed by atoms with Crippen LogP contribution in [-0.2, 0) is 4.79 Å². The van der Waals surface area contributed by atoms with E-state index in [0.717, 1.165) is 30.4 Å². The molecule has 1 atom stereocenters. The Bertz CT molecular complexity index is 833. The Kier molecular flexibility index (Phi) is 4.66. The van der Waals surface area contributed by atoms with Crippen LogP contribution in [0.25, 0.3) is 0 Å². The first-order valence-corrected chi connectivity index (χ1v) is 8.49. The Morgan fingerprint density at radius 3 is 2.62 bits per heavy atom. The second-order valence-corrected chi connectivity index (χ2v) is 6.57. The number of H-pyrrole nitrogens is 1. The molecule has 2 heterocycles. The van der Waals surface area contributed by atoms with Gasteiger partial charge in [0.15, 0.2) is 5.16 Å². The first-order chi connectivity index (χ1) is 11.5. The fourth-order valence-electron chi connectivity index (χ4n) is 2.68. The van der Waals surface area contributed by atoms with Gasteiger partial charge in [-0.2, -0.15) is 0 Å². The molecule has 2 aromatic rings. The molecule has 0 aliphatic carbocycles. The van der Waals surface area contributed by atoms with Gasteiger partial charge in [-0.1, -0.05) is 18.7 Å². The lowest BCUT2D eigenvalue weighted by Gasteiger charge is -2.24. The summed E-state index contributed by atoms with van der Waals surface area (Å²) in [6.07, 6.45) is 0.838. The lowest BCUT2D eigenvalue weighted by molar-refractivity contribution is -0.116. The van der Waals surface area contributed by atoms with E-state index in [1.807, 2.05) is 6.92 Å². The van der Waals surface area contributed by atoms with Crippen LogP contribution in [0.3, 0.4) is 0 Å². The number of carbonyl (C=O) groups is 1. The van der Waals surface area contributed by atoms with Crippen LogP contribution < -0.4 is 10.9 Å². The number of aromatic nitrogens is 2. The van der Waals surface area contributed by atoms with E-state index in [1.165, 1.54) is 11.8 Å². The Morgan fingerprint density at radius 2 is 1.96 bits per heavy atom. The number of rotatable bonds is 4. The van der Waals surface area contributed by atoms with E-state index in [-0.39, 0.29) is 29.3 Å². The maximum Gasteiger partial charge on any atom is 0.257 e. The third-order valence-corrected chi connectivity index (χ3v) is 4.74. The largest absolute Gasteiger partial charge is 0.310 e. The number of hydrogen-bond donors (Lipinski definition) is 2. The van der Waals surface area contributed by atoms with Crippen LogP contribution in [0.15, 0.2) is 28.2 Å². The lowest BCUT2D eigenvalue weighted by atomic mass is 9.87. The number of benzene rings is 1. The molecular weight excluding hydrogens is 336 g/mol. The van der Waals surface area contributed by atoms with E-state index in [4.69, 9.17) is 0 Å². The van der Waals surface area contributed by atoms with Crippen molar-refractivity contribution in [3.8, 4) is 0 Å². The smallest absolute Gasteiger partial charge is 0.257 e. The summed E-state index contributed by atoms with van der Waals surface area (Å²) in [5, 5.41) is 2.98. The van der Waals surface area contributed by atoms with E-state index in [2.05, 4.69) is 15.3 Å². The van der Waals surface area contributed by atoms with E-state index < -0.39 is 23.1 Å². The Hall–Kier alpha value is -2.22. The van der Waals surface area contributed by atoms with Gasteiger partial charge in [-0.05, 0) is 24.1 Å². The Morgan fingerprint density at radius 1 is 1.25 bits per heavy atom. The van der Waals surface area contributed by atoms with Gasteiger partial charge in [0, 0.05) is 24.2 Å². The third kappa shape index (κ3) is 3.33. The molecule has 1 aromatic carbocycles. The van der Waals surface area contributed by atoms with Crippen molar-refractivity contribution >= 4 is 23.5 Å². The normalized spacial score (nSPS) is 16.6. The van der Waals surface area contributed by atoms with Crippen LogP contribution in [0.2, 0.25) is 0 Å². The predicted octanol–water partition coefficient (Wildman–Crippen LogP) is 3.02. The Labute approximate surface area is 140 Å². The van der Waals surface area contributed by atoms with Crippen molar-refractivity contribution in [3.05, 3.63) is 51.3 Å². The van der Waals surface area contributed by atoms with Crippen molar-refractivity contribution in [2.24, 2.45) is 0 Å². The van der Waals surface area contributed by atoms with Gasteiger partial charge in [0.2, 0.25) is 5.91 Å². The molecule has 3 rings (SSSR count). The monoisotopic (exact) mass is 351 g/mol. The molecule has 0 spiro atoms. The summed E-state index contributed by atoms with van der Waals surface area (Å²) >= 11 is 1.37. The van der Waals surface area contributed by atoms with Gasteiger partial charge in [0.25, 0.3) is 5.56 Å². The van der Waals surface area contributed by atoms with Crippen molar-refractivity contribution in [1.82, 2.24) is 9.97 Å². The van der Waals surface area contributed by atoms with E-state index in [0.29, 0.717) is 5.16 Å². The van der Waals surface area contributed by atoms with E-state index in [9.17, 15) is 18.4 Å². The van der Waals surface area contributed by atoms with Crippen LogP contribution in [0.1, 0.15) is 36.8 Å². The minimum absolute atomic E-state index is 0.0674. The molecule has 1 aliphatic rings. The molecular formula is C16H15F2N3O2S. The zero-order chi connectivity index (χ0) is 17.3. The maximum atomic E-state index is 13.5. The number of halogens is 2. The molecule has 0 saturated heterocycles. The Balaban J connectivity index is 2.09. The van der Waals surface area contributed by atoms with Crippen LogP contribution in [0.4, 0.5) is 14.6 Å². The SMILES string of the molecule is CCCSc1nc2c(c(=O)[nH]1)[C@@H](c1cc(F)cc(F)c1)CC(=O)N2. The molecule has 2 N–H and O–H groups in total. The molecule has 0 unspecified atom stereocenters. The molecule has 0 bridgehead atoms. The highest BCUT2D eigenvalue weighted by Crippen LogP contribution is 2.35. The van der Waals surface area contributed by atoms with E-state index >= 15 is 0 Å². The molecule has 0 fully saturated rings. The second-order valence-electron chi connectivity index (χ2n) is 5.49. The topological polar surface area (TPSA) is 74.8 Å². The molecule has 1 amide bonds.